The number of aliphatic hydroxyl groups is 1. The Morgan fingerprint density at radius 1 is 1.28 bits per heavy atom. The summed E-state index contributed by atoms with van der Waals surface area (Å²) in [6.07, 6.45) is 0. The lowest BCUT2D eigenvalue weighted by atomic mass is 9.95. The van der Waals surface area contributed by atoms with Gasteiger partial charge in [-0.2, -0.15) is 0 Å². The summed E-state index contributed by atoms with van der Waals surface area (Å²) in [6, 6.07) is 3.59. The molecule has 1 aromatic rings. The molecule has 0 spiro atoms. The van der Waals surface area contributed by atoms with Crippen LogP contribution in [0, 0.1) is 5.41 Å². The van der Waals surface area contributed by atoms with Gasteiger partial charge in [-0.1, -0.05) is 25.4 Å². The van der Waals surface area contributed by atoms with Gasteiger partial charge in [0.25, 0.3) is 0 Å². The quantitative estimate of drug-likeness (QED) is 0.884. The molecule has 1 aliphatic heterocycles. The Kier molecular flexibility index (Phi) is 3.88. The minimum absolute atomic E-state index is 0.113. The van der Waals surface area contributed by atoms with Gasteiger partial charge in [0, 0.05) is 30.7 Å². The number of aliphatic hydroxyl groups excluding tert-OH is 1. The molecule has 5 heteroatoms. The first-order valence-corrected chi connectivity index (χ1v) is 6.33. The molecule has 2 rings (SSSR count). The molecule has 0 unspecified atom stereocenters. The van der Waals surface area contributed by atoms with Crippen LogP contribution in [0.2, 0.25) is 5.02 Å². The first-order chi connectivity index (χ1) is 8.52. The molecule has 0 amide bonds. The van der Waals surface area contributed by atoms with E-state index in [2.05, 4.69) is 5.32 Å². The molecule has 0 atom stereocenters. The minimum Gasteiger partial charge on any atom is -0.486 e. The van der Waals surface area contributed by atoms with Crippen LogP contribution < -0.4 is 14.8 Å². The van der Waals surface area contributed by atoms with Crippen molar-refractivity contribution >= 4 is 17.3 Å². The molecule has 1 heterocycles. The zero-order valence-corrected chi connectivity index (χ0v) is 11.4. The summed E-state index contributed by atoms with van der Waals surface area (Å²) < 4.78 is 11.0. The molecule has 0 fully saturated rings. The lowest BCUT2D eigenvalue weighted by Gasteiger charge is -2.24. The predicted octanol–water partition coefficient (Wildman–Crippen LogP) is 2.54. The van der Waals surface area contributed by atoms with Crippen molar-refractivity contribution < 1.29 is 14.6 Å². The molecular weight excluding hydrogens is 254 g/mol. The molecule has 0 saturated heterocycles. The highest BCUT2D eigenvalue weighted by Gasteiger charge is 2.19. The number of halogens is 1. The van der Waals surface area contributed by atoms with E-state index in [0.717, 1.165) is 5.69 Å². The number of fused-ring (bicyclic) bond motifs is 1. The summed E-state index contributed by atoms with van der Waals surface area (Å²) >= 11 is 6.17. The van der Waals surface area contributed by atoms with Crippen LogP contribution >= 0.6 is 11.6 Å². The molecule has 0 aromatic heterocycles. The molecule has 0 saturated carbocycles. The summed E-state index contributed by atoms with van der Waals surface area (Å²) in [4.78, 5) is 0. The molecule has 18 heavy (non-hydrogen) atoms. The number of benzene rings is 1. The Balaban J connectivity index is 2.13. The fraction of sp³-hybridized carbons (Fsp3) is 0.538. The summed E-state index contributed by atoms with van der Waals surface area (Å²) in [5, 5.41) is 13.0. The minimum atomic E-state index is -0.198. The molecular formula is C13H18ClNO3. The molecule has 0 radical (unpaired) electrons. The zero-order chi connectivity index (χ0) is 13.2. The van der Waals surface area contributed by atoms with Gasteiger partial charge in [-0.05, 0) is 0 Å². The van der Waals surface area contributed by atoms with E-state index < -0.39 is 0 Å². The van der Waals surface area contributed by atoms with E-state index in [9.17, 15) is 5.11 Å². The van der Waals surface area contributed by atoms with Crippen molar-refractivity contribution in [3.8, 4) is 11.5 Å². The molecule has 1 aliphatic rings. The van der Waals surface area contributed by atoms with Crippen LogP contribution in [-0.2, 0) is 0 Å². The summed E-state index contributed by atoms with van der Waals surface area (Å²) in [6.45, 7) is 5.80. The Morgan fingerprint density at radius 3 is 2.50 bits per heavy atom. The van der Waals surface area contributed by atoms with Crippen LogP contribution in [0.15, 0.2) is 12.1 Å². The first-order valence-electron chi connectivity index (χ1n) is 5.96. The van der Waals surface area contributed by atoms with Crippen LogP contribution in [0.5, 0.6) is 11.5 Å². The van der Waals surface area contributed by atoms with Crippen molar-refractivity contribution in [1.29, 1.82) is 0 Å². The lowest BCUT2D eigenvalue weighted by molar-refractivity contribution is 0.170. The number of hydrogen-bond acceptors (Lipinski definition) is 4. The smallest absolute Gasteiger partial charge is 0.163 e. The third-order valence-electron chi connectivity index (χ3n) is 2.82. The van der Waals surface area contributed by atoms with Crippen molar-refractivity contribution in [1.82, 2.24) is 0 Å². The molecule has 2 N–H and O–H groups in total. The Morgan fingerprint density at radius 2 is 1.89 bits per heavy atom. The largest absolute Gasteiger partial charge is 0.486 e. The Bertz CT molecular complexity index is 434. The molecule has 0 aliphatic carbocycles. The van der Waals surface area contributed by atoms with E-state index in [1.165, 1.54) is 0 Å². The van der Waals surface area contributed by atoms with Crippen LogP contribution in [-0.4, -0.2) is 31.5 Å². The number of hydrogen-bond donors (Lipinski definition) is 2. The first kappa shape index (κ1) is 13.3. The van der Waals surface area contributed by atoms with E-state index >= 15 is 0 Å². The SMILES string of the molecule is CC(C)(CO)CNc1cc2c(cc1Cl)OCCO2. The second-order valence-electron chi connectivity index (χ2n) is 5.15. The van der Waals surface area contributed by atoms with Crippen LogP contribution in [0.1, 0.15) is 13.8 Å². The highest BCUT2D eigenvalue weighted by molar-refractivity contribution is 6.33. The van der Waals surface area contributed by atoms with Gasteiger partial charge in [-0.3, -0.25) is 0 Å². The third-order valence-corrected chi connectivity index (χ3v) is 3.13. The van der Waals surface area contributed by atoms with Gasteiger partial charge in [0.2, 0.25) is 0 Å². The fourth-order valence-corrected chi connectivity index (χ4v) is 1.81. The summed E-state index contributed by atoms with van der Waals surface area (Å²) in [7, 11) is 0. The molecule has 100 valence electrons. The van der Waals surface area contributed by atoms with Crippen LogP contribution in [0.4, 0.5) is 5.69 Å². The van der Waals surface area contributed by atoms with E-state index in [1.54, 1.807) is 6.07 Å². The fourth-order valence-electron chi connectivity index (χ4n) is 1.59. The van der Waals surface area contributed by atoms with Gasteiger partial charge in [-0.15, -0.1) is 0 Å². The van der Waals surface area contributed by atoms with Gasteiger partial charge in [-0.25, -0.2) is 0 Å². The molecule has 1 aromatic carbocycles. The highest BCUT2D eigenvalue weighted by atomic mass is 35.5. The Hall–Kier alpha value is -1.13. The highest BCUT2D eigenvalue weighted by Crippen LogP contribution is 2.38. The van der Waals surface area contributed by atoms with Gasteiger partial charge < -0.3 is 19.9 Å². The number of ether oxygens (including phenoxy) is 2. The van der Waals surface area contributed by atoms with Crippen molar-refractivity contribution in [2.45, 2.75) is 13.8 Å². The maximum atomic E-state index is 9.22. The van der Waals surface area contributed by atoms with E-state index in [-0.39, 0.29) is 12.0 Å². The predicted molar refractivity (Wildman–Crippen MR) is 71.8 cm³/mol. The van der Waals surface area contributed by atoms with E-state index in [4.69, 9.17) is 21.1 Å². The standard InChI is InChI=1S/C13H18ClNO3/c1-13(2,8-16)7-15-10-6-12-11(5-9(10)14)17-3-4-18-12/h5-6,15-16H,3-4,7-8H2,1-2H3. The average molecular weight is 272 g/mol. The monoisotopic (exact) mass is 271 g/mol. The van der Waals surface area contributed by atoms with Gasteiger partial charge in [0.15, 0.2) is 11.5 Å². The van der Waals surface area contributed by atoms with Crippen molar-refractivity contribution in [3.05, 3.63) is 17.2 Å². The second-order valence-corrected chi connectivity index (χ2v) is 5.56. The molecule has 4 nitrogen and oxygen atoms in total. The van der Waals surface area contributed by atoms with Gasteiger partial charge in [0.1, 0.15) is 13.2 Å². The van der Waals surface area contributed by atoms with E-state index in [0.29, 0.717) is 36.3 Å². The molecule has 0 bridgehead atoms. The number of anilines is 1. The third kappa shape index (κ3) is 3.00. The Labute approximate surface area is 112 Å². The summed E-state index contributed by atoms with van der Waals surface area (Å²) in [5.41, 5.74) is 0.596. The normalized spacial score (nSPS) is 14.4. The topological polar surface area (TPSA) is 50.7 Å². The summed E-state index contributed by atoms with van der Waals surface area (Å²) in [5.74, 6) is 1.38. The van der Waals surface area contributed by atoms with Crippen molar-refractivity contribution in [3.63, 3.8) is 0 Å². The lowest BCUT2D eigenvalue weighted by Crippen LogP contribution is -2.27. The maximum Gasteiger partial charge on any atom is 0.163 e. The van der Waals surface area contributed by atoms with Crippen molar-refractivity contribution in [2.75, 3.05) is 31.7 Å². The van der Waals surface area contributed by atoms with E-state index in [1.807, 2.05) is 19.9 Å². The van der Waals surface area contributed by atoms with Gasteiger partial charge in [0.05, 0.1) is 10.7 Å². The maximum absolute atomic E-state index is 9.22. The average Bonchev–Trinajstić information content (AvgIpc) is 2.36. The zero-order valence-electron chi connectivity index (χ0n) is 10.6. The number of nitrogens with one attached hydrogen (secondary N) is 1. The van der Waals surface area contributed by atoms with Crippen molar-refractivity contribution in [2.24, 2.45) is 5.41 Å². The van der Waals surface area contributed by atoms with Crippen LogP contribution in [0.3, 0.4) is 0 Å². The number of rotatable bonds is 4. The van der Waals surface area contributed by atoms with Crippen LogP contribution in [0.25, 0.3) is 0 Å². The second kappa shape index (κ2) is 5.24. The van der Waals surface area contributed by atoms with Gasteiger partial charge >= 0.3 is 0 Å².